The largest absolute Gasteiger partial charge is 0.463 e. The zero-order valence-electron chi connectivity index (χ0n) is 18.2. The van der Waals surface area contributed by atoms with Crippen LogP contribution >= 0.6 is 0 Å². The number of hydrogen-bond donors (Lipinski definition) is 0. The highest BCUT2D eigenvalue weighted by molar-refractivity contribution is 5.68. The minimum Gasteiger partial charge on any atom is -0.463 e. The van der Waals surface area contributed by atoms with Gasteiger partial charge in [-0.2, -0.15) is 0 Å². The number of carbonyl (C=O) groups is 4. The van der Waals surface area contributed by atoms with Crippen molar-refractivity contribution >= 4 is 29.6 Å². The van der Waals surface area contributed by atoms with E-state index in [2.05, 4.69) is 0 Å². The molecule has 0 amide bonds. The summed E-state index contributed by atoms with van der Waals surface area (Å²) in [5, 5.41) is 10.9. The number of ether oxygens (including phenoxy) is 6. The first kappa shape index (κ1) is 25.5. The van der Waals surface area contributed by atoms with Crippen LogP contribution in [0.4, 0.5) is 5.69 Å². The lowest BCUT2D eigenvalue weighted by Crippen LogP contribution is -2.63. The summed E-state index contributed by atoms with van der Waals surface area (Å²) in [7, 11) is 0. The van der Waals surface area contributed by atoms with Crippen LogP contribution in [-0.4, -0.2) is 66.1 Å². The van der Waals surface area contributed by atoms with Crippen molar-refractivity contribution < 1.29 is 52.5 Å². The van der Waals surface area contributed by atoms with Gasteiger partial charge in [0.05, 0.1) is 4.92 Å². The molecule has 180 valence electrons. The van der Waals surface area contributed by atoms with Crippen LogP contribution in [0.15, 0.2) is 24.3 Å². The van der Waals surface area contributed by atoms with Gasteiger partial charge in [0.15, 0.2) is 12.2 Å². The van der Waals surface area contributed by atoms with Crippen LogP contribution in [0, 0.1) is 10.1 Å². The highest BCUT2D eigenvalue weighted by Crippen LogP contribution is 2.31. The normalized spacial score (nSPS) is 24.2. The summed E-state index contributed by atoms with van der Waals surface area (Å²) in [6.07, 6.45) is -6.69. The zero-order valence-corrected chi connectivity index (χ0v) is 18.2. The standard InChI is InChI=1S/C20H23NO12/c1-10(22)28-9-16-17(29-11(2)23)18(30-12(3)24)19(31-13(4)25)20(33-16)32-15-7-5-14(6-8-15)21(26)27/h5-8,16-20H,9H2,1-4H3/t16-,17+,18-,19-,20+/m1/s1. The second-order valence-corrected chi connectivity index (χ2v) is 6.94. The Labute approximate surface area is 188 Å². The van der Waals surface area contributed by atoms with Gasteiger partial charge in [0, 0.05) is 39.8 Å². The van der Waals surface area contributed by atoms with Crippen molar-refractivity contribution in [3.8, 4) is 5.75 Å². The van der Waals surface area contributed by atoms with Crippen LogP contribution in [0.2, 0.25) is 0 Å². The topological polar surface area (TPSA) is 167 Å². The number of esters is 4. The Balaban J connectivity index is 2.43. The first-order valence-corrected chi connectivity index (χ1v) is 9.69. The third kappa shape index (κ3) is 7.42. The first-order chi connectivity index (χ1) is 15.5. The van der Waals surface area contributed by atoms with Crippen molar-refractivity contribution in [2.75, 3.05) is 6.61 Å². The molecular formula is C20H23NO12. The molecule has 0 radical (unpaired) electrons. The maximum absolute atomic E-state index is 11.8. The molecule has 2 rings (SSSR count). The molecule has 1 aromatic carbocycles. The summed E-state index contributed by atoms with van der Waals surface area (Å²) in [6, 6.07) is 4.93. The van der Waals surface area contributed by atoms with E-state index in [0.717, 1.165) is 27.7 Å². The van der Waals surface area contributed by atoms with Gasteiger partial charge in [-0.05, 0) is 12.1 Å². The number of benzene rings is 1. The molecule has 0 N–H and O–H groups in total. The van der Waals surface area contributed by atoms with E-state index in [0.29, 0.717) is 0 Å². The average molecular weight is 469 g/mol. The summed E-state index contributed by atoms with van der Waals surface area (Å²) < 4.78 is 32.3. The Morgan fingerprint density at radius 3 is 1.85 bits per heavy atom. The molecule has 5 atom stereocenters. The second-order valence-electron chi connectivity index (χ2n) is 6.94. The Bertz CT molecular complexity index is 899. The summed E-state index contributed by atoms with van der Waals surface area (Å²) in [5.74, 6) is -2.87. The summed E-state index contributed by atoms with van der Waals surface area (Å²) in [4.78, 5) is 56.8. The van der Waals surface area contributed by atoms with E-state index in [1.165, 1.54) is 24.3 Å². The molecule has 13 heteroatoms. The third-order valence-electron chi connectivity index (χ3n) is 4.25. The molecule has 13 nitrogen and oxygen atoms in total. The summed E-state index contributed by atoms with van der Waals surface area (Å²) >= 11 is 0. The maximum atomic E-state index is 11.8. The van der Waals surface area contributed by atoms with Gasteiger partial charge < -0.3 is 28.4 Å². The minimum atomic E-state index is -1.42. The Kier molecular flexibility index (Phi) is 8.68. The van der Waals surface area contributed by atoms with Crippen molar-refractivity contribution in [1.82, 2.24) is 0 Å². The molecule has 1 saturated heterocycles. The molecule has 0 aliphatic carbocycles. The van der Waals surface area contributed by atoms with Crippen LogP contribution in [0.1, 0.15) is 27.7 Å². The fraction of sp³-hybridized carbons (Fsp3) is 0.500. The molecule has 0 bridgehead atoms. The summed E-state index contributed by atoms with van der Waals surface area (Å²) in [6.45, 7) is 4.05. The molecule has 0 saturated carbocycles. The van der Waals surface area contributed by atoms with Crippen LogP contribution in [-0.2, 0) is 42.9 Å². The fourth-order valence-electron chi connectivity index (χ4n) is 3.06. The van der Waals surface area contributed by atoms with E-state index < -0.39 is 66.1 Å². The van der Waals surface area contributed by atoms with Gasteiger partial charge in [-0.3, -0.25) is 29.3 Å². The van der Waals surface area contributed by atoms with E-state index in [1.807, 2.05) is 0 Å². The lowest BCUT2D eigenvalue weighted by molar-refractivity contribution is -0.384. The second kappa shape index (κ2) is 11.2. The molecule has 1 aromatic rings. The first-order valence-electron chi connectivity index (χ1n) is 9.69. The van der Waals surface area contributed by atoms with E-state index in [-0.39, 0.29) is 11.4 Å². The van der Waals surface area contributed by atoms with Gasteiger partial charge in [0.2, 0.25) is 12.4 Å². The number of rotatable bonds is 8. The molecule has 1 fully saturated rings. The molecule has 1 heterocycles. The minimum absolute atomic E-state index is 0.0986. The zero-order chi connectivity index (χ0) is 24.7. The Morgan fingerprint density at radius 1 is 0.848 bits per heavy atom. The molecule has 1 aliphatic rings. The number of nitro benzene ring substituents is 1. The van der Waals surface area contributed by atoms with Crippen LogP contribution in [0.25, 0.3) is 0 Å². The van der Waals surface area contributed by atoms with Gasteiger partial charge in [-0.1, -0.05) is 0 Å². The van der Waals surface area contributed by atoms with Gasteiger partial charge >= 0.3 is 23.9 Å². The van der Waals surface area contributed by atoms with Crippen molar-refractivity contribution in [2.24, 2.45) is 0 Å². The molecule has 0 unspecified atom stereocenters. The summed E-state index contributed by atoms with van der Waals surface area (Å²) in [5.41, 5.74) is -0.191. The third-order valence-corrected chi connectivity index (χ3v) is 4.25. The number of non-ortho nitro benzene ring substituents is 1. The Hall–Kier alpha value is -3.74. The van der Waals surface area contributed by atoms with Gasteiger partial charge in [-0.25, -0.2) is 0 Å². The van der Waals surface area contributed by atoms with Crippen LogP contribution in [0.5, 0.6) is 5.75 Å². The predicted octanol–water partition coefficient (Wildman–Crippen LogP) is 1.06. The van der Waals surface area contributed by atoms with Crippen molar-refractivity contribution in [2.45, 2.75) is 58.4 Å². The van der Waals surface area contributed by atoms with Crippen LogP contribution in [0.3, 0.4) is 0 Å². The van der Waals surface area contributed by atoms with E-state index in [9.17, 15) is 29.3 Å². The highest BCUT2D eigenvalue weighted by atomic mass is 16.7. The van der Waals surface area contributed by atoms with Crippen molar-refractivity contribution in [3.63, 3.8) is 0 Å². The number of carbonyl (C=O) groups excluding carboxylic acids is 4. The number of nitro groups is 1. The van der Waals surface area contributed by atoms with E-state index >= 15 is 0 Å². The highest BCUT2D eigenvalue weighted by Gasteiger charge is 2.53. The predicted molar refractivity (Wildman–Crippen MR) is 106 cm³/mol. The SMILES string of the molecule is CC(=O)OC[C@H]1O[C@H](Oc2ccc([N+](=O)[O-])cc2)[C@H](OC(C)=O)[C@H](OC(C)=O)[C@H]1OC(C)=O. The fourth-order valence-corrected chi connectivity index (χ4v) is 3.06. The smallest absolute Gasteiger partial charge is 0.303 e. The van der Waals surface area contributed by atoms with Crippen LogP contribution < -0.4 is 4.74 Å². The van der Waals surface area contributed by atoms with Gasteiger partial charge in [-0.15, -0.1) is 0 Å². The lowest BCUT2D eigenvalue weighted by Gasteiger charge is -2.43. The Morgan fingerprint density at radius 2 is 1.36 bits per heavy atom. The van der Waals surface area contributed by atoms with Gasteiger partial charge in [0.25, 0.3) is 5.69 Å². The van der Waals surface area contributed by atoms with E-state index in [1.54, 1.807) is 0 Å². The molecule has 0 aromatic heterocycles. The lowest BCUT2D eigenvalue weighted by atomic mass is 9.98. The van der Waals surface area contributed by atoms with Crippen molar-refractivity contribution in [1.29, 1.82) is 0 Å². The van der Waals surface area contributed by atoms with Gasteiger partial charge in [0.1, 0.15) is 18.5 Å². The molecular weight excluding hydrogens is 446 g/mol. The molecule has 1 aliphatic heterocycles. The quantitative estimate of drug-likeness (QED) is 0.230. The average Bonchev–Trinajstić information content (AvgIpc) is 2.70. The monoisotopic (exact) mass is 469 g/mol. The van der Waals surface area contributed by atoms with Crippen molar-refractivity contribution in [3.05, 3.63) is 34.4 Å². The maximum Gasteiger partial charge on any atom is 0.303 e. The number of hydrogen-bond acceptors (Lipinski definition) is 12. The molecule has 0 spiro atoms. The number of nitrogens with zero attached hydrogens (tertiary/aromatic N) is 1. The van der Waals surface area contributed by atoms with E-state index in [4.69, 9.17) is 28.4 Å². The molecule has 33 heavy (non-hydrogen) atoms.